The summed E-state index contributed by atoms with van der Waals surface area (Å²) in [7, 11) is 0. The molecule has 1 atom stereocenters. The largest absolute Gasteiger partial charge is 0.487 e. The van der Waals surface area contributed by atoms with Gasteiger partial charge in [0.25, 0.3) is 5.91 Å². The minimum absolute atomic E-state index is 0.0455. The van der Waals surface area contributed by atoms with E-state index in [-0.39, 0.29) is 18.1 Å². The molecule has 1 amide bonds. The first-order valence-electron chi connectivity index (χ1n) is 17.5. The molecule has 0 unspecified atom stereocenters. The third-order valence-electron chi connectivity index (χ3n) is 12.1. The maximum atomic E-state index is 14.1. The Morgan fingerprint density at radius 3 is 2.18 bits per heavy atom. The van der Waals surface area contributed by atoms with Crippen LogP contribution in [-0.2, 0) is 22.2 Å². The molecule has 1 heterocycles. The van der Waals surface area contributed by atoms with Crippen LogP contribution >= 0.6 is 0 Å². The zero-order chi connectivity index (χ0) is 30.5. The zero-order valence-corrected chi connectivity index (χ0v) is 26.7. The molecule has 1 aliphatic heterocycles. The van der Waals surface area contributed by atoms with E-state index in [0.29, 0.717) is 11.1 Å². The summed E-state index contributed by atoms with van der Waals surface area (Å²) in [6, 6.07) is 27.4. The van der Waals surface area contributed by atoms with E-state index in [9.17, 15) is 4.79 Å². The summed E-state index contributed by atoms with van der Waals surface area (Å²) >= 11 is 0. The first-order chi connectivity index (χ1) is 21.9. The Morgan fingerprint density at radius 1 is 0.844 bits per heavy atom. The normalized spacial score (nSPS) is 31.4. The van der Waals surface area contributed by atoms with E-state index in [1.54, 1.807) is 0 Å². The molecule has 6 aliphatic rings. The maximum Gasteiger partial charge on any atom is 0.264 e. The number of hydrazone groups is 1. The lowest BCUT2D eigenvalue weighted by molar-refractivity contribution is -0.129. The molecule has 45 heavy (non-hydrogen) atoms. The number of carbonyl (C=O) groups is 1. The SMILES string of the molecule is C[C@]1(C(=O)N/N=C(/COc2ccc(C34CC5CC(CC(C5)C3)C4)cc2)c2ccccc2)NC2(CCCCC2)Cc2ccccc21. The van der Waals surface area contributed by atoms with Gasteiger partial charge in [0.2, 0.25) is 0 Å². The summed E-state index contributed by atoms with van der Waals surface area (Å²) in [5.41, 5.74) is 7.90. The van der Waals surface area contributed by atoms with Crippen LogP contribution in [-0.4, -0.2) is 23.8 Å². The second-order valence-electron chi connectivity index (χ2n) is 15.3. The molecular formula is C40H47N3O2. The fourth-order valence-corrected chi connectivity index (χ4v) is 10.4. The Labute approximate surface area is 268 Å². The van der Waals surface area contributed by atoms with Crippen molar-refractivity contribution in [3.63, 3.8) is 0 Å². The number of nitrogens with zero attached hydrogens (tertiary/aromatic N) is 1. The number of amides is 1. The topological polar surface area (TPSA) is 62.7 Å². The molecule has 5 fully saturated rings. The molecule has 4 bridgehead atoms. The van der Waals surface area contributed by atoms with Crippen LogP contribution in [0.1, 0.15) is 99.8 Å². The van der Waals surface area contributed by atoms with Crippen molar-refractivity contribution in [3.05, 3.63) is 101 Å². The molecule has 0 radical (unpaired) electrons. The monoisotopic (exact) mass is 601 g/mol. The van der Waals surface area contributed by atoms with Crippen molar-refractivity contribution in [2.24, 2.45) is 22.9 Å². The quantitative estimate of drug-likeness (QED) is 0.214. The van der Waals surface area contributed by atoms with E-state index in [4.69, 9.17) is 9.84 Å². The van der Waals surface area contributed by atoms with E-state index in [0.717, 1.165) is 53.9 Å². The number of hydrogen-bond acceptors (Lipinski definition) is 4. The second kappa shape index (κ2) is 11.4. The van der Waals surface area contributed by atoms with Crippen molar-refractivity contribution >= 4 is 11.6 Å². The third-order valence-corrected chi connectivity index (χ3v) is 12.1. The predicted octanol–water partition coefficient (Wildman–Crippen LogP) is 7.82. The molecule has 2 N–H and O–H groups in total. The fourth-order valence-electron chi connectivity index (χ4n) is 10.4. The summed E-state index contributed by atoms with van der Waals surface area (Å²) in [6.45, 7) is 2.29. The summed E-state index contributed by atoms with van der Waals surface area (Å²) in [5.74, 6) is 3.50. The van der Waals surface area contributed by atoms with Crippen molar-refractivity contribution in [2.75, 3.05) is 6.61 Å². The Hall–Kier alpha value is -3.44. The van der Waals surface area contributed by atoms with Gasteiger partial charge in [-0.1, -0.05) is 86.0 Å². The standard InChI is InChI=1S/C40H47N3O2/c1-38(35-13-7-6-12-32(35)26-40(43-38)18-8-3-9-19-40)37(44)42-41-36(31-10-4-2-5-11-31)27-45-34-16-14-33(15-17-34)39-23-28-20-29(24-39)22-30(21-28)25-39/h2,4-7,10-17,28-30,43H,3,8-9,18-27H2,1H3,(H,42,44)/b41-36-/t28?,29?,30?,38-,39?/m0/s1. The third kappa shape index (κ3) is 5.41. The van der Waals surface area contributed by atoms with Crippen LogP contribution in [0.4, 0.5) is 0 Å². The number of nitrogens with one attached hydrogen (secondary N) is 2. The Balaban J connectivity index is 1.01. The Morgan fingerprint density at radius 2 is 1.49 bits per heavy atom. The summed E-state index contributed by atoms with van der Waals surface area (Å²) in [5, 5.41) is 8.59. The Kier molecular flexibility index (Phi) is 7.36. The van der Waals surface area contributed by atoms with Gasteiger partial charge in [-0.2, -0.15) is 5.10 Å². The van der Waals surface area contributed by atoms with Gasteiger partial charge in [0, 0.05) is 11.1 Å². The minimum Gasteiger partial charge on any atom is -0.487 e. The molecule has 1 spiro atoms. The highest BCUT2D eigenvalue weighted by atomic mass is 16.5. The molecule has 9 rings (SSSR count). The lowest BCUT2D eigenvalue weighted by Gasteiger charge is -2.57. The van der Waals surface area contributed by atoms with Gasteiger partial charge in [0.05, 0.1) is 0 Å². The van der Waals surface area contributed by atoms with Crippen LogP contribution in [0.25, 0.3) is 0 Å². The van der Waals surface area contributed by atoms with Crippen LogP contribution in [0.5, 0.6) is 5.75 Å². The van der Waals surface area contributed by atoms with E-state index >= 15 is 0 Å². The summed E-state index contributed by atoms with van der Waals surface area (Å²) in [6.07, 6.45) is 15.3. The van der Waals surface area contributed by atoms with Crippen molar-refractivity contribution < 1.29 is 9.53 Å². The predicted molar refractivity (Wildman–Crippen MR) is 179 cm³/mol. The molecule has 5 heteroatoms. The maximum absolute atomic E-state index is 14.1. The molecule has 234 valence electrons. The number of fused-ring (bicyclic) bond motifs is 1. The molecule has 5 nitrogen and oxygen atoms in total. The molecule has 5 saturated carbocycles. The van der Waals surface area contributed by atoms with Gasteiger partial charge in [-0.3, -0.25) is 10.1 Å². The highest BCUT2D eigenvalue weighted by Crippen LogP contribution is 2.60. The van der Waals surface area contributed by atoms with E-state index < -0.39 is 5.54 Å². The van der Waals surface area contributed by atoms with E-state index in [1.807, 2.05) is 43.3 Å². The molecule has 5 aliphatic carbocycles. The lowest BCUT2D eigenvalue weighted by atomic mass is 9.48. The van der Waals surface area contributed by atoms with E-state index in [2.05, 4.69) is 53.2 Å². The highest BCUT2D eigenvalue weighted by Gasteiger charge is 2.52. The van der Waals surface area contributed by atoms with Gasteiger partial charge in [0.15, 0.2) is 0 Å². The van der Waals surface area contributed by atoms with Crippen LogP contribution in [0, 0.1) is 17.8 Å². The fraction of sp³-hybridized carbons (Fsp3) is 0.500. The van der Waals surface area contributed by atoms with Gasteiger partial charge in [-0.25, -0.2) is 5.43 Å². The zero-order valence-electron chi connectivity index (χ0n) is 26.7. The number of ether oxygens (including phenoxy) is 1. The number of rotatable bonds is 7. The number of carbonyl (C=O) groups excluding carboxylic acids is 1. The molecule has 3 aromatic carbocycles. The van der Waals surface area contributed by atoms with Crippen molar-refractivity contribution in [3.8, 4) is 5.75 Å². The Bertz CT molecular complexity index is 1540. The van der Waals surface area contributed by atoms with E-state index in [1.165, 1.54) is 68.9 Å². The summed E-state index contributed by atoms with van der Waals surface area (Å²) < 4.78 is 6.35. The van der Waals surface area contributed by atoms with Crippen LogP contribution in [0.15, 0.2) is 84.0 Å². The molecule has 0 aromatic heterocycles. The first kappa shape index (κ1) is 29.0. The second-order valence-corrected chi connectivity index (χ2v) is 15.3. The average molecular weight is 602 g/mol. The van der Waals surface area contributed by atoms with Gasteiger partial charge < -0.3 is 4.74 Å². The van der Waals surface area contributed by atoms with Crippen LogP contribution < -0.4 is 15.5 Å². The van der Waals surface area contributed by atoms with Crippen LogP contribution in [0.3, 0.4) is 0 Å². The van der Waals surface area contributed by atoms with Crippen molar-refractivity contribution in [1.29, 1.82) is 0 Å². The van der Waals surface area contributed by atoms with Crippen molar-refractivity contribution in [2.45, 2.75) is 100 Å². The van der Waals surface area contributed by atoms with Crippen molar-refractivity contribution in [1.82, 2.24) is 10.7 Å². The van der Waals surface area contributed by atoms with Gasteiger partial charge >= 0.3 is 0 Å². The molecule has 3 aromatic rings. The van der Waals surface area contributed by atoms with Crippen LogP contribution in [0.2, 0.25) is 0 Å². The number of hydrogen-bond donors (Lipinski definition) is 2. The minimum atomic E-state index is -0.870. The number of benzene rings is 3. The highest BCUT2D eigenvalue weighted by molar-refractivity contribution is 6.02. The first-order valence-corrected chi connectivity index (χ1v) is 17.5. The summed E-state index contributed by atoms with van der Waals surface area (Å²) in [4.78, 5) is 14.1. The molecule has 0 saturated heterocycles. The van der Waals surface area contributed by atoms with Gasteiger partial charge in [0.1, 0.15) is 23.6 Å². The average Bonchev–Trinajstić information content (AvgIpc) is 3.05. The smallest absolute Gasteiger partial charge is 0.264 e. The van der Waals surface area contributed by atoms with Gasteiger partial charge in [-0.05, 0) is 117 Å². The lowest BCUT2D eigenvalue weighted by Crippen LogP contribution is -2.65. The molecular weight excluding hydrogens is 554 g/mol. The van der Waals surface area contributed by atoms with Gasteiger partial charge in [-0.15, -0.1) is 0 Å².